The van der Waals surface area contributed by atoms with Gasteiger partial charge in [0.15, 0.2) is 0 Å². The highest BCUT2D eigenvalue weighted by atomic mass is 79.9. The first kappa shape index (κ1) is 30.3. The van der Waals surface area contributed by atoms with E-state index in [1.807, 2.05) is 0 Å². The van der Waals surface area contributed by atoms with E-state index in [1.54, 1.807) is 0 Å². The molecule has 1 aliphatic rings. The number of allylic oxidation sites excluding steroid dienone is 4. The van der Waals surface area contributed by atoms with Crippen molar-refractivity contribution in [2.24, 2.45) is 10.8 Å². The van der Waals surface area contributed by atoms with E-state index in [-0.39, 0.29) is 21.7 Å². The lowest BCUT2D eigenvalue weighted by atomic mass is 9.71. The highest BCUT2D eigenvalue weighted by Gasteiger charge is 2.34. The molecule has 0 heterocycles. The van der Waals surface area contributed by atoms with Crippen LogP contribution < -0.4 is 0 Å². The average Bonchev–Trinajstić information content (AvgIpc) is 2.73. The van der Waals surface area contributed by atoms with Gasteiger partial charge in [-0.25, -0.2) is 0 Å². The molecule has 0 atom stereocenters. The van der Waals surface area contributed by atoms with Gasteiger partial charge in [-0.2, -0.15) is 0 Å². The third kappa shape index (κ3) is 6.30. The van der Waals surface area contributed by atoms with Crippen LogP contribution >= 0.6 is 15.9 Å². The number of benzene rings is 2. The van der Waals surface area contributed by atoms with Crippen molar-refractivity contribution in [3.05, 3.63) is 91.7 Å². The second kappa shape index (κ2) is 10.0. The molecule has 3 rings (SSSR count). The van der Waals surface area contributed by atoms with Crippen LogP contribution in [0.5, 0.6) is 5.75 Å². The molecule has 0 saturated carbocycles. The summed E-state index contributed by atoms with van der Waals surface area (Å²) in [6, 6.07) is 12.8. The second-order valence-corrected chi connectivity index (χ2v) is 15.8. The summed E-state index contributed by atoms with van der Waals surface area (Å²) < 4.78 is 1.03. The fourth-order valence-corrected chi connectivity index (χ4v) is 5.42. The first-order valence-corrected chi connectivity index (χ1v) is 14.4. The maximum Gasteiger partial charge on any atom is 0.123 e. The van der Waals surface area contributed by atoms with Gasteiger partial charge in [-0.3, -0.25) is 0 Å². The molecular weight excluding hydrogens is 532 g/mol. The monoisotopic (exact) mass is 578 g/mol. The minimum absolute atomic E-state index is 0.187. The van der Waals surface area contributed by atoms with Crippen molar-refractivity contribution in [2.45, 2.75) is 100 Å². The summed E-state index contributed by atoms with van der Waals surface area (Å²) in [5.74, 6) is 0.816. The van der Waals surface area contributed by atoms with Crippen LogP contribution in [0.4, 0.5) is 0 Å². The Bertz CT molecular complexity index is 1270. The summed E-state index contributed by atoms with van der Waals surface area (Å²) in [5.41, 5.74) is 7.57. The van der Waals surface area contributed by atoms with E-state index >= 15 is 0 Å². The van der Waals surface area contributed by atoms with Crippen molar-refractivity contribution in [2.75, 3.05) is 0 Å². The maximum atomic E-state index is 11.5. The lowest BCUT2D eigenvalue weighted by Crippen LogP contribution is -2.22. The molecule has 2 N–H and O–H groups in total. The summed E-state index contributed by atoms with van der Waals surface area (Å²) in [5, 5.41) is 22.9. The number of aromatic hydroxyl groups is 1. The van der Waals surface area contributed by atoms with Gasteiger partial charge in [0.2, 0.25) is 0 Å². The minimum Gasteiger partial charge on any atom is -0.508 e. The van der Waals surface area contributed by atoms with Gasteiger partial charge < -0.3 is 10.2 Å². The number of hydrogen-bond acceptors (Lipinski definition) is 2. The maximum absolute atomic E-state index is 11.5. The first-order valence-electron chi connectivity index (χ1n) is 13.6. The molecule has 0 radical (unpaired) electrons. The van der Waals surface area contributed by atoms with Gasteiger partial charge in [-0.15, -0.1) is 0 Å². The van der Waals surface area contributed by atoms with E-state index in [0.29, 0.717) is 17.9 Å². The minimum atomic E-state index is -0.233. The van der Waals surface area contributed by atoms with Crippen LogP contribution in [0, 0.1) is 10.8 Å². The predicted octanol–water partition coefficient (Wildman–Crippen LogP) is 10.8. The van der Waals surface area contributed by atoms with Crippen LogP contribution in [0.25, 0.3) is 5.57 Å². The Morgan fingerprint density at radius 3 is 1.53 bits per heavy atom. The van der Waals surface area contributed by atoms with Crippen molar-refractivity contribution in [1.29, 1.82) is 0 Å². The molecule has 0 aromatic heterocycles. The Kier molecular flexibility index (Phi) is 8.01. The smallest absolute Gasteiger partial charge is 0.123 e. The summed E-state index contributed by atoms with van der Waals surface area (Å²) >= 11 is 3.61. The van der Waals surface area contributed by atoms with Crippen molar-refractivity contribution in [3.8, 4) is 5.75 Å². The lowest BCUT2D eigenvalue weighted by Gasteiger charge is -2.35. The largest absolute Gasteiger partial charge is 0.508 e. The zero-order valence-electron chi connectivity index (χ0n) is 25.5. The molecule has 0 fully saturated rings. The first-order chi connectivity index (χ1) is 17.1. The van der Waals surface area contributed by atoms with E-state index in [2.05, 4.69) is 141 Å². The molecule has 0 bridgehead atoms. The Morgan fingerprint density at radius 1 is 0.658 bits per heavy atom. The highest BCUT2D eigenvalue weighted by Crippen LogP contribution is 2.48. The lowest BCUT2D eigenvalue weighted by molar-refractivity contribution is 0.344. The molecule has 0 spiro atoms. The van der Waals surface area contributed by atoms with Gasteiger partial charge in [0, 0.05) is 15.6 Å². The van der Waals surface area contributed by atoms with E-state index in [1.165, 1.54) is 5.57 Å². The zero-order chi connectivity index (χ0) is 29.0. The third-order valence-electron chi connectivity index (χ3n) is 7.41. The SMILES string of the molecule is CC(C)(C)C1=CC(=C(c2ccc(Br)cc2)c2cc(C(C)(C)C)c(O)c(C(C)(C)C)c2)CC(C(C)(C)C)=C1O. The molecule has 0 amide bonds. The number of halogens is 1. The fraction of sp³-hybridized carbons (Fsp3) is 0.486. The van der Waals surface area contributed by atoms with Gasteiger partial charge in [-0.05, 0) is 85.8 Å². The van der Waals surface area contributed by atoms with E-state index in [4.69, 9.17) is 0 Å². The molecule has 206 valence electrons. The number of phenols is 1. The molecule has 2 aromatic rings. The summed E-state index contributed by atoms with van der Waals surface area (Å²) in [6.07, 6.45) is 2.87. The van der Waals surface area contributed by atoms with Crippen LogP contribution in [0.2, 0.25) is 0 Å². The van der Waals surface area contributed by atoms with Gasteiger partial charge in [0.1, 0.15) is 11.5 Å². The average molecular weight is 580 g/mol. The number of hydrogen-bond donors (Lipinski definition) is 2. The van der Waals surface area contributed by atoms with E-state index in [9.17, 15) is 10.2 Å². The summed E-state index contributed by atoms with van der Waals surface area (Å²) in [6.45, 7) is 25.9. The van der Waals surface area contributed by atoms with Gasteiger partial charge in [-0.1, -0.05) is 117 Å². The molecule has 38 heavy (non-hydrogen) atoms. The van der Waals surface area contributed by atoms with E-state index < -0.39 is 0 Å². The fourth-order valence-electron chi connectivity index (χ4n) is 5.16. The van der Waals surface area contributed by atoms with Crippen LogP contribution in [-0.4, -0.2) is 10.2 Å². The van der Waals surface area contributed by atoms with Crippen LogP contribution in [0.3, 0.4) is 0 Å². The topological polar surface area (TPSA) is 40.5 Å². The van der Waals surface area contributed by atoms with Crippen LogP contribution in [0.15, 0.2) is 69.4 Å². The number of aliphatic hydroxyl groups excluding tert-OH is 1. The van der Waals surface area contributed by atoms with Gasteiger partial charge >= 0.3 is 0 Å². The predicted molar refractivity (Wildman–Crippen MR) is 167 cm³/mol. The third-order valence-corrected chi connectivity index (χ3v) is 7.94. The standard InChI is InChI=1S/C35H47BrO2/c1-32(2,3)25-17-22(18-26(30(25)37)33(4,5)6)29(21-13-15-24(36)16-14-21)23-19-27(34(7,8)9)31(38)28(20-23)35(10,11)12/h13-19,37-38H,20H2,1-12H3. The van der Waals surface area contributed by atoms with Crippen molar-refractivity contribution >= 4 is 21.5 Å². The van der Waals surface area contributed by atoms with Gasteiger partial charge in [0.25, 0.3) is 0 Å². The van der Waals surface area contributed by atoms with Crippen LogP contribution in [0.1, 0.15) is 112 Å². The number of aliphatic hydroxyl groups is 1. The normalized spacial score (nSPS) is 17.0. The second-order valence-electron chi connectivity index (χ2n) is 14.9. The quantitative estimate of drug-likeness (QED) is 0.372. The molecule has 0 saturated heterocycles. The molecule has 2 aromatic carbocycles. The van der Waals surface area contributed by atoms with Crippen molar-refractivity contribution < 1.29 is 10.2 Å². The Balaban J connectivity index is 2.53. The summed E-state index contributed by atoms with van der Waals surface area (Å²) in [7, 11) is 0. The Labute approximate surface area is 239 Å². The van der Waals surface area contributed by atoms with Crippen molar-refractivity contribution in [1.82, 2.24) is 0 Å². The number of rotatable bonds is 2. The Morgan fingerprint density at radius 2 is 1.13 bits per heavy atom. The molecule has 2 nitrogen and oxygen atoms in total. The Hall–Kier alpha value is -2.26. The van der Waals surface area contributed by atoms with Crippen LogP contribution in [-0.2, 0) is 10.8 Å². The molecule has 3 heteroatoms. The highest BCUT2D eigenvalue weighted by molar-refractivity contribution is 9.10. The van der Waals surface area contributed by atoms with Crippen molar-refractivity contribution in [3.63, 3.8) is 0 Å². The zero-order valence-corrected chi connectivity index (χ0v) is 27.1. The summed E-state index contributed by atoms with van der Waals surface area (Å²) in [4.78, 5) is 0. The molecule has 1 aliphatic carbocycles. The molecular formula is C35H47BrO2. The van der Waals surface area contributed by atoms with Gasteiger partial charge in [0.05, 0.1) is 0 Å². The molecule has 0 unspecified atom stereocenters. The molecule has 0 aliphatic heterocycles. The number of phenolic OH excluding ortho intramolecular Hbond substituents is 1. The van der Waals surface area contributed by atoms with E-state index in [0.717, 1.165) is 43.4 Å².